The first-order valence-corrected chi connectivity index (χ1v) is 5.94. The number of anilines is 1. The van der Waals surface area contributed by atoms with Gasteiger partial charge in [0.25, 0.3) is 5.69 Å². The Morgan fingerprint density at radius 1 is 1.53 bits per heavy atom. The lowest BCUT2D eigenvalue weighted by Gasteiger charge is -2.21. The Morgan fingerprint density at radius 2 is 2.32 bits per heavy atom. The van der Waals surface area contributed by atoms with Gasteiger partial charge >= 0.3 is 0 Å². The molecule has 2 rings (SSSR count). The predicted octanol–water partition coefficient (Wildman–Crippen LogP) is 1.67. The second kappa shape index (κ2) is 5.66. The molecular formula is C12H14N2O5. The number of hydrogen-bond donors (Lipinski definition) is 2. The standard InChI is InChI=1S/C12H14N2O5/c15-10-5-1-4-9(14(17)18)11(10)13-12(16)8-3-2-6-19-7-8/h1,4-5,8,15H,2-3,6-7H2,(H,13,16). The summed E-state index contributed by atoms with van der Waals surface area (Å²) in [4.78, 5) is 22.2. The minimum Gasteiger partial charge on any atom is -0.505 e. The van der Waals surface area contributed by atoms with Crippen molar-refractivity contribution in [2.45, 2.75) is 12.8 Å². The molecule has 1 aliphatic rings. The van der Waals surface area contributed by atoms with Gasteiger partial charge < -0.3 is 15.2 Å². The Balaban J connectivity index is 2.18. The molecule has 1 atom stereocenters. The van der Waals surface area contributed by atoms with Gasteiger partial charge in [0.05, 0.1) is 17.4 Å². The molecule has 1 aromatic rings. The molecule has 1 fully saturated rings. The van der Waals surface area contributed by atoms with E-state index in [0.29, 0.717) is 19.6 Å². The number of nitro benzene ring substituents is 1. The number of rotatable bonds is 3. The van der Waals surface area contributed by atoms with E-state index in [2.05, 4.69) is 5.32 Å². The van der Waals surface area contributed by atoms with Gasteiger partial charge in [-0.1, -0.05) is 6.07 Å². The summed E-state index contributed by atoms with van der Waals surface area (Å²) in [5.41, 5.74) is -0.492. The van der Waals surface area contributed by atoms with E-state index in [1.807, 2.05) is 0 Å². The third-order valence-electron chi connectivity index (χ3n) is 3.00. The summed E-state index contributed by atoms with van der Waals surface area (Å²) in [6.07, 6.45) is 1.45. The number of para-hydroxylation sites is 1. The summed E-state index contributed by atoms with van der Waals surface area (Å²) in [7, 11) is 0. The second-order valence-electron chi connectivity index (χ2n) is 4.33. The highest BCUT2D eigenvalue weighted by Gasteiger charge is 2.25. The first-order valence-electron chi connectivity index (χ1n) is 5.94. The Kier molecular flexibility index (Phi) is 3.96. The lowest BCUT2D eigenvalue weighted by atomic mass is 10.0. The molecule has 2 N–H and O–H groups in total. The van der Waals surface area contributed by atoms with Crippen LogP contribution in [0.15, 0.2) is 18.2 Å². The van der Waals surface area contributed by atoms with E-state index in [1.165, 1.54) is 18.2 Å². The zero-order valence-electron chi connectivity index (χ0n) is 10.2. The maximum Gasteiger partial charge on any atom is 0.296 e. The monoisotopic (exact) mass is 266 g/mol. The summed E-state index contributed by atoms with van der Waals surface area (Å²) < 4.78 is 5.19. The third-order valence-corrected chi connectivity index (χ3v) is 3.00. The maximum atomic E-state index is 12.0. The van der Waals surface area contributed by atoms with Crippen molar-refractivity contribution in [3.05, 3.63) is 28.3 Å². The quantitative estimate of drug-likeness (QED) is 0.492. The molecule has 7 heteroatoms. The van der Waals surface area contributed by atoms with Crippen LogP contribution in [0.2, 0.25) is 0 Å². The highest BCUT2D eigenvalue weighted by atomic mass is 16.6. The van der Waals surface area contributed by atoms with Crippen LogP contribution in [0.25, 0.3) is 0 Å². The largest absolute Gasteiger partial charge is 0.505 e. The summed E-state index contributed by atoms with van der Waals surface area (Å²) >= 11 is 0. The van der Waals surface area contributed by atoms with Crippen molar-refractivity contribution in [2.75, 3.05) is 18.5 Å². The predicted molar refractivity (Wildman–Crippen MR) is 66.9 cm³/mol. The molecule has 0 radical (unpaired) electrons. The number of phenolic OH excluding ortho intramolecular Hbond substituents is 1. The Bertz CT molecular complexity index is 497. The third kappa shape index (κ3) is 3.00. The van der Waals surface area contributed by atoms with Crippen LogP contribution in [0.4, 0.5) is 11.4 Å². The topological polar surface area (TPSA) is 102 Å². The Morgan fingerprint density at radius 3 is 2.95 bits per heavy atom. The maximum absolute atomic E-state index is 12.0. The first-order chi connectivity index (χ1) is 9.09. The zero-order valence-corrected chi connectivity index (χ0v) is 10.2. The van der Waals surface area contributed by atoms with Gasteiger partial charge in [0.2, 0.25) is 5.91 Å². The van der Waals surface area contributed by atoms with E-state index in [0.717, 1.165) is 6.42 Å². The van der Waals surface area contributed by atoms with Crippen LogP contribution in [0.1, 0.15) is 12.8 Å². The number of carbonyl (C=O) groups is 1. The van der Waals surface area contributed by atoms with Crippen molar-refractivity contribution in [2.24, 2.45) is 5.92 Å². The lowest BCUT2D eigenvalue weighted by Crippen LogP contribution is -2.30. The summed E-state index contributed by atoms with van der Waals surface area (Å²) in [6.45, 7) is 0.924. The normalized spacial score (nSPS) is 18.8. The molecule has 0 bridgehead atoms. The number of aromatic hydroxyl groups is 1. The molecule has 1 heterocycles. The number of benzene rings is 1. The molecule has 1 saturated heterocycles. The molecule has 19 heavy (non-hydrogen) atoms. The lowest BCUT2D eigenvalue weighted by molar-refractivity contribution is -0.384. The molecule has 0 saturated carbocycles. The van der Waals surface area contributed by atoms with Crippen LogP contribution in [-0.4, -0.2) is 29.2 Å². The smallest absolute Gasteiger partial charge is 0.296 e. The fourth-order valence-corrected chi connectivity index (χ4v) is 1.98. The average molecular weight is 266 g/mol. The van der Waals surface area contributed by atoms with Crippen LogP contribution < -0.4 is 5.32 Å². The van der Waals surface area contributed by atoms with E-state index >= 15 is 0 Å². The summed E-state index contributed by atoms with van der Waals surface area (Å²) in [6, 6.07) is 3.87. The molecule has 0 spiro atoms. The van der Waals surface area contributed by atoms with Crippen molar-refractivity contribution < 1.29 is 19.6 Å². The van der Waals surface area contributed by atoms with E-state index in [1.54, 1.807) is 0 Å². The van der Waals surface area contributed by atoms with Gasteiger partial charge in [0.15, 0.2) is 5.69 Å². The van der Waals surface area contributed by atoms with Gasteiger partial charge in [-0.2, -0.15) is 0 Å². The number of nitro groups is 1. The van der Waals surface area contributed by atoms with Gasteiger partial charge in [0.1, 0.15) is 5.75 Å². The molecule has 0 aliphatic carbocycles. The van der Waals surface area contributed by atoms with Crippen LogP contribution in [0, 0.1) is 16.0 Å². The molecule has 1 unspecified atom stereocenters. The molecule has 1 aliphatic heterocycles. The molecule has 0 aromatic heterocycles. The number of hydrogen-bond acceptors (Lipinski definition) is 5. The van der Waals surface area contributed by atoms with Crippen LogP contribution in [0.3, 0.4) is 0 Å². The summed E-state index contributed by atoms with van der Waals surface area (Å²) in [5, 5.41) is 22.9. The van der Waals surface area contributed by atoms with Crippen LogP contribution >= 0.6 is 0 Å². The van der Waals surface area contributed by atoms with Crippen molar-refractivity contribution in [3.63, 3.8) is 0 Å². The molecule has 1 amide bonds. The first kappa shape index (κ1) is 13.3. The van der Waals surface area contributed by atoms with E-state index in [4.69, 9.17) is 4.74 Å². The van der Waals surface area contributed by atoms with Gasteiger partial charge in [-0.05, 0) is 18.9 Å². The number of nitrogens with one attached hydrogen (secondary N) is 1. The number of nitrogens with zero attached hydrogens (tertiary/aromatic N) is 1. The van der Waals surface area contributed by atoms with E-state index < -0.39 is 4.92 Å². The fourth-order valence-electron chi connectivity index (χ4n) is 1.98. The van der Waals surface area contributed by atoms with E-state index in [-0.39, 0.29) is 28.9 Å². The van der Waals surface area contributed by atoms with Crippen molar-refractivity contribution in [1.29, 1.82) is 0 Å². The number of carbonyl (C=O) groups excluding carboxylic acids is 1. The van der Waals surface area contributed by atoms with Gasteiger partial charge in [-0.15, -0.1) is 0 Å². The van der Waals surface area contributed by atoms with Crippen LogP contribution in [-0.2, 0) is 9.53 Å². The second-order valence-corrected chi connectivity index (χ2v) is 4.33. The number of ether oxygens (including phenoxy) is 1. The molecule has 102 valence electrons. The average Bonchev–Trinajstić information content (AvgIpc) is 2.41. The number of amides is 1. The summed E-state index contributed by atoms with van der Waals surface area (Å²) in [5.74, 6) is -1.03. The SMILES string of the molecule is O=C(Nc1c(O)cccc1[N+](=O)[O-])C1CCCOC1. The molecule has 7 nitrogen and oxygen atoms in total. The van der Waals surface area contributed by atoms with Gasteiger partial charge in [-0.25, -0.2) is 0 Å². The molecule has 1 aromatic carbocycles. The van der Waals surface area contributed by atoms with Crippen molar-refractivity contribution in [1.82, 2.24) is 0 Å². The zero-order chi connectivity index (χ0) is 13.8. The van der Waals surface area contributed by atoms with Gasteiger partial charge in [0, 0.05) is 12.7 Å². The van der Waals surface area contributed by atoms with Crippen molar-refractivity contribution >= 4 is 17.3 Å². The minimum atomic E-state index is -0.646. The Hall–Kier alpha value is -2.15. The fraction of sp³-hybridized carbons (Fsp3) is 0.417. The molecular weight excluding hydrogens is 252 g/mol. The number of phenols is 1. The van der Waals surface area contributed by atoms with Gasteiger partial charge in [-0.3, -0.25) is 14.9 Å². The highest BCUT2D eigenvalue weighted by molar-refractivity contribution is 5.96. The van der Waals surface area contributed by atoms with Crippen molar-refractivity contribution in [3.8, 4) is 5.75 Å². The highest BCUT2D eigenvalue weighted by Crippen LogP contribution is 2.33. The van der Waals surface area contributed by atoms with Crippen LogP contribution in [0.5, 0.6) is 5.75 Å². The Labute approximate surface area is 109 Å². The minimum absolute atomic E-state index is 0.164. The van der Waals surface area contributed by atoms with E-state index in [9.17, 15) is 20.0 Å².